The lowest BCUT2D eigenvalue weighted by Crippen LogP contribution is -2.10. The standard InChI is InChI=1S/C15H32NO4P/c1-4-7-8-9-10-11-13-16(17)14-12-15-21(18,19-5-2)20-6-3/h13H,4-12,14-15H2,1-3H3. The van der Waals surface area contributed by atoms with Crippen LogP contribution >= 0.6 is 7.60 Å². The average molecular weight is 321 g/mol. The van der Waals surface area contributed by atoms with Gasteiger partial charge < -0.3 is 14.3 Å². The molecule has 0 aromatic rings. The van der Waals surface area contributed by atoms with E-state index in [4.69, 9.17) is 9.05 Å². The molecule has 0 amide bonds. The molecule has 21 heavy (non-hydrogen) atoms. The SMILES string of the molecule is CCCCCCCC=[N+]([O-])CCCP(=O)(OCC)OCC. The summed E-state index contributed by atoms with van der Waals surface area (Å²) in [7, 11) is -3.00. The van der Waals surface area contributed by atoms with Crippen LogP contribution in [0, 0.1) is 5.21 Å². The van der Waals surface area contributed by atoms with Gasteiger partial charge in [0.25, 0.3) is 0 Å². The fraction of sp³-hybridized carbons (Fsp3) is 0.933. The molecule has 0 heterocycles. The van der Waals surface area contributed by atoms with Crippen molar-refractivity contribution in [2.24, 2.45) is 0 Å². The maximum atomic E-state index is 12.2. The third-order valence-corrected chi connectivity index (χ3v) is 5.27. The van der Waals surface area contributed by atoms with Gasteiger partial charge in [-0.2, -0.15) is 0 Å². The lowest BCUT2D eigenvalue weighted by atomic mass is 10.1. The number of hydrogen-bond donors (Lipinski definition) is 0. The highest BCUT2D eigenvalue weighted by molar-refractivity contribution is 7.53. The molecule has 0 rings (SSSR count). The van der Waals surface area contributed by atoms with Crippen LogP contribution in [-0.2, 0) is 13.6 Å². The third-order valence-electron chi connectivity index (χ3n) is 3.10. The minimum Gasteiger partial charge on any atom is -0.624 e. The molecule has 0 aromatic heterocycles. The molecule has 0 saturated carbocycles. The van der Waals surface area contributed by atoms with Gasteiger partial charge in [0.05, 0.1) is 19.4 Å². The first kappa shape index (κ1) is 20.6. The predicted octanol–water partition coefficient (Wildman–Crippen LogP) is 4.58. The van der Waals surface area contributed by atoms with Crippen LogP contribution in [-0.4, -0.2) is 36.9 Å². The Balaban J connectivity index is 3.84. The van der Waals surface area contributed by atoms with Crippen molar-refractivity contribution in [1.29, 1.82) is 0 Å². The first-order chi connectivity index (χ1) is 10.1. The van der Waals surface area contributed by atoms with E-state index < -0.39 is 7.60 Å². The van der Waals surface area contributed by atoms with E-state index in [1.54, 1.807) is 20.1 Å². The molecule has 5 nitrogen and oxygen atoms in total. The minimum absolute atomic E-state index is 0.303. The molecule has 0 radical (unpaired) electrons. The van der Waals surface area contributed by atoms with Gasteiger partial charge in [-0.1, -0.05) is 32.6 Å². The Hall–Kier alpha value is -0.380. The van der Waals surface area contributed by atoms with Crippen molar-refractivity contribution >= 4 is 13.8 Å². The highest BCUT2D eigenvalue weighted by Gasteiger charge is 2.23. The summed E-state index contributed by atoms with van der Waals surface area (Å²) in [5.41, 5.74) is 0. The second-order valence-electron chi connectivity index (χ2n) is 5.05. The second-order valence-corrected chi connectivity index (χ2v) is 7.24. The largest absolute Gasteiger partial charge is 0.624 e. The van der Waals surface area contributed by atoms with Crippen LogP contribution in [0.5, 0.6) is 0 Å². The van der Waals surface area contributed by atoms with E-state index in [0.717, 1.165) is 17.6 Å². The first-order valence-corrected chi connectivity index (χ1v) is 9.96. The van der Waals surface area contributed by atoms with E-state index >= 15 is 0 Å². The Kier molecular flexibility index (Phi) is 13.1. The molecule has 0 fully saturated rings. The molecule has 0 aliphatic rings. The number of rotatable bonds is 14. The van der Waals surface area contributed by atoms with Crippen LogP contribution in [0.15, 0.2) is 0 Å². The van der Waals surface area contributed by atoms with Crippen molar-refractivity contribution in [3.63, 3.8) is 0 Å². The molecule has 0 bridgehead atoms. The lowest BCUT2D eigenvalue weighted by Gasteiger charge is -2.16. The van der Waals surface area contributed by atoms with Gasteiger partial charge in [-0.05, 0) is 20.3 Å². The van der Waals surface area contributed by atoms with Crippen molar-refractivity contribution in [3.8, 4) is 0 Å². The quantitative estimate of drug-likeness (QED) is 0.117. The maximum absolute atomic E-state index is 12.2. The van der Waals surface area contributed by atoms with E-state index in [1.165, 1.54) is 25.7 Å². The second kappa shape index (κ2) is 13.3. The molecule has 6 heteroatoms. The average Bonchev–Trinajstić information content (AvgIpc) is 2.43. The van der Waals surface area contributed by atoms with Crippen LogP contribution in [0.4, 0.5) is 0 Å². The third kappa shape index (κ3) is 11.9. The van der Waals surface area contributed by atoms with Gasteiger partial charge in [-0.3, -0.25) is 4.57 Å². The molecule has 0 aromatic carbocycles. The molecule has 0 atom stereocenters. The molecular weight excluding hydrogens is 289 g/mol. The van der Waals surface area contributed by atoms with Gasteiger partial charge in [0, 0.05) is 12.8 Å². The van der Waals surface area contributed by atoms with Crippen LogP contribution in [0.3, 0.4) is 0 Å². The Bertz CT molecular complexity index is 311. The molecule has 0 aliphatic carbocycles. The van der Waals surface area contributed by atoms with Crippen LogP contribution in [0.2, 0.25) is 0 Å². The predicted molar refractivity (Wildman–Crippen MR) is 88.3 cm³/mol. The molecule has 0 aliphatic heterocycles. The van der Waals surface area contributed by atoms with Gasteiger partial charge in [-0.25, -0.2) is 4.74 Å². The Labute approximate surface area is 129 Å². The normalized spacial score (nSPS) is 12.8. The molecule has 0 saturated heterocycles. The van der Waals surface area contributed by atoms with E-state index in [1.807, 2.05) is 0 Å². The number of unbranched alkanes of at least 4 members (excludes halogenated alkanes) is 5. The van der Waals surface area contributed by atoms with Crippen LogP contribution in [0.25, 0.3) is 0 Å². The molecule has 126 valence electrons. The Morgan fingerprint density at radius 3 is 2.19 bits per heavy atom. The van der Waals surface area contributed by atoms with Crippen LogP contribution in [0.1, 0.15) is 65.7 Å². The minimum atomic E-state index is -3.00. The Morgan fingerprint density at radius 1 is 1.00 bits per heavy atom. The highest BCUT2D eigenvalue weighted by Crippen LogP contribution is 2.48. The fourth-order valence-corrected chi connectivity index (χ4v) is 3.70. The van der Waals surface area contributed by atoms with Crippen LogP contribution < -0.4 is 0 Å². The molecule has 0 unspecified atom stereocenters. The van der Waals surface area contributed by atoms with Gasteiger partial charge in [0.15, 0.2) is 12.8 Å². The van der Waals surface area contributed by atoms with E-state index in [-0.39, 0.29) is 0 Å². The zero-order valence-electron chi connectivity index (χ0n) is 13.9. The summed E-state index contributed by atoms with van der Waals surface area (Å²) in [6.45, 7) is 6.84. The van der Waals surface area contributed by atoms with Crippen molar-refractivity contribution in [3.05, 3.63) is 5.21 Å². The summed E-state index contributed by atoms with van der Waals surface area (Å²) in [5, 5.41) is 11.6. The van der Waals surface area contributed by atoms with Gasteiger partial charge in [-0.15, -0.1) is 0 Å². The van der Waals surface area contributed by atoms with Gasteiger partial charge in [0.1, 0.15) is 0 Å². The molecule has 0 N–H and O–H groups in total. The lowest BCUT2D eigenvalue weighted by molar-refractivity contribution is -0.453. The topological polar surface area (TPSA) is 61.6 Å². The van der Waals surface area contributed by atoms with Crippen molar-refractivity contribution < 1.29 is 18.4 Å². The van der Waals surface area contributed by atoms with E-state index in [9.17, 15) is 9.77 Å². The Morgan fingerprint density at radius 2 is 1.62 bits per heavy atom. The highest BCUT2D eigenvalue weighted by atomic mass is 31.2. The van der Waals surface area contributed by atoms with Crippen molar-refractivity contribution in [2.45, 2.75) is 65.7 Å². The number of hydroxylamine groups is 1. The number of hydrogen-bond acceptors (Lipinski definition) is 4. The first-order valence-electron chi connectivity index (χ1n) is 8.23. The van der Waals surface area contributed by atoms with Gasteiger partial charge in [0.2, 0.25) is 0 Å². The number of nitrogens with zero attached hydrogens (tertiary/aromatic N) is 1. The fourth-order valence-electron chi connectivity index (χ4n) is 2.05. The smallest absolute Gasteiger partial charge is 0.330 e. The summed E-state index contributed by atoms with van der Waals surface area (Å²) < 4.78 is 23.5. The monoisotopic (exact) mass is 321 g/mol. The van der Waals surface area contributed by atoms with E-state index in [2.05, 4.69) is 6.92 Å². The zero-order chi connectivity index (χ0) is 16.0. The van der Waals surface area contributed by atoms with Gasteiger partial charge >= 0.3 is 7.60 Å². The van der Waals surface area contributed by atoms with E-state index in [0.29, 0.717) is 32.3 Å². The summed E-state index contributed by atoms with van der Waals surface area (Å²) in [5.74, 6) is 0. The maximum Gasteiger partial charge on any atom is 0.330 e. The summed E-state index contributed by atoms with van der Waals surface area (Å²) >= 11 is 0. The van der Waals surface area contributed by atoms with Crippen molar-refractivity contribution in [2.75, 3.05) is 25.9 Å². The molecule has 0 spiro atoms. The summed E-state index contributed by atoms with van der Waals surface area (Å²) in [4.78, 5) is 0. The summed E-state index contributed by atoms with van der Waals surface area (Å²) in [6.07, 6.45) is 9.33. The molecular formula is C15H32NO4P. The van der Waals surface area contributed by atoms with Crippen molar-refractivity contribution in [1.82, 2.24) is 0 Å². The zero-order valence-corrected chi connectivity index (χ0v) is 14.8. The summed E-state index contributed by atoms with van der Waals surface area (Å²) in [6, 6.07) is 0.